The largest absolute Gasteiger partial charge is 0.493 e. The average Bonchev–Trinajstić information content (AvgIpc) is 2.67. The summed E-state index contributed by atoms with van der Waals surface area (Å²) in [4.78, 5) is 26.7. The third-order valence-corrected chi connectivity index (χ3v) is 4.99. The molecule has 6 heteroatoms. The van der Waals surface area contributed by atoms with Crippen LogP contribution < -0.4 is 9.47 Å². The highest BCUT2D eigenvalue weighted by atomic mass is 16.5. The standard InChI is InChI=1S/C22H31NO5/c1-6-27-19-12-10-18(14-20(19)26-5)11-13-21(24)28-17(4)22(25)23-15(2)8-7-9-16(23)3/h10-17H,6-9H2,1-5H3/b13-11+/t15-,16+,17-/m0/s1. The molecule has 6 nitrogen and oxygen atoms in total. The van der Waals surface area contributed by atoms with Crippen molar-refractivity contribution < 1.29 is 23.8 Å². The van der Waals surface area contributed by atoms with Crippen molar-refractivity contribution in [3.8, 4) is 11.5 Å². The van der Waals surface area contributed by atoms with Gasteiger partial charge < -0.3 is 19.1 Å². The normalized spacial score (nSPS) is 20.7. The van der Waals surface area contributed by atoms with Crippen molar-refractivity contribution in [1.82, 2.24) is 4.90 Å². The number of carbonyl (C=O) groups excluding carboxylic acids is 2. The Morgan fingerprint density at radius 1 is 1.21 bits per heavy atom. The van der Waals surface area contributed by atoms with E-state index < -0.39 is 12.1 Å². The first-order chi connectivity index (χ1) is 13.4. The molecule has 0 saturated carbocycles. The number of hydrogen-bond donors (Lipinski definition) is 0. The number of piperidine rings is 1. The summed E-state index contributed by atoms with van der Waals surface area (Å²) >= 11 is 0. The Balaban J connectivity index is 1.98. The molecular weight excluding hydrogens is 358 g/mol. The number of amides is 1. The second kappa shape index (κ2) is 10.2. The van der Waals surface area contributed by atoms with Gasteiger partial charge in [0.1, 0.15) is 0 Å². The number of ether oxygens (including phenoxy) is 3. The van der Waals surface area contributed by atoms with Gasteiger partial charge in [0.05, 0.1) is 13.7 Å². The van der Waals surface area contributed by atoms with Gasteiger partial charge >= 0.3 is 5.97 Å². The molecule has 0 N–H and O–H groups in total. The van der Waals surface area contributed by atoms with Crippen LogP contribution in [0.5, 0.6) is 11.5 Å². The highest BCUT2D eigenvalue weighted by molar-refractivity contribution is 5.90. The van der Waals surface area contributed by atoms with Gasteiger partial charge in [-0.1, -0.05) is 6.07 Å². The van der Waals surface area contributed by atoms with E-state index in [-0.39, 0.29) is 18.0 Å². The molecular formula is C22H31NO5. The molecule has 1 aliphatic rings. The Bertz CT molecular complexity index is 705. The van der Waals surface area contributed by atoms with Crippen LogP contribution in [0.2, 0.25) is 0 Å². The monoisotopic (exact) mass is 389 g/mol. The van der Waals surface area contributed by atoms with Gasteiger partial charge in [-0.05, 0) is 70.7 Å². The maximum atomic E-state index is 12.7. The first-order valence-corrected chi connectivity index (χ1v) is 9.89. The molecule has 1 aromatic carbocycles. The third-order valence-electron chi connectivity index (χ3n) is 4.99. The SMILES string of the molecule is CCOc1ccc(/C=C/C(=O)O[C@@H](C)C(=O)N2[C@H](C)CCC[C@@H]2C)cc1OC. The van der Waals surface area contributed by atoms with E-state index in [4.69, 9.17) is 14.2 Å². The van der Waals surface area contributed by atoms with Crippen molar-refractivity contribution >= 4 is 18.0 Å². The maximum Gasteiger partial charge on any atom is 0.331 e. The summed E-state index contributed by atoms with van der Waals surface area (Å²) in [5, 5.41) is 0. The van der Waals surface area contributed by atoms with Crippen LogP contribution in [-0.2, 0) is 14.3 Å². The van der Waals surface area contributed by atoms with E-state index in [1.54, 1.807) is 32.2 Å². The van der Waals surface area contributed by atoms with Gasteiger partial charge in [-0.2, -0.15) is 0 Å². The number of carbonyl (C=O) groups is 2. The van der Waals surface area contributed by atoms with Gasteiger partial charge in [0, 0.05) is 18.2 Å². The zero-order valence-electron chi connectivity index (χ0n) is 17.4. The Morgan fingerprint density at radius 2 is 1.89 bits per heavy atom. The molecule has 0 radical (unpaired) electrons. The van der Waals surface area contributed by atoms with Crippen molar-refractivity contribution in [3.63, 3.8) is 0 Å². The van der Waals surface area contributed by atoms with Crippen molar-refractivity contribution in [1.29, 1.82) is 0 Å². The minimum atomic E-state index is -0.810. The number of hydrogen-bond acceptors (Lipinski definition) is 5. The number of esters is 1. The highest BCUT2D eigenvalue weighted by Crippen LogP contribution is 2.28. The van der Waals surface area contributed by atoms with Crippen LogP contribution in [0.4, 0.5) is 0 Å². The van der Waals surface area contributed by atoms with Crippen LogP contribution in [0, 0.1) is 0 Å². The van der Waals surface area contributed by atoms with Crippen molar-refractivity contribution in [2.75, 3.05) is 13.7 Å². The predicted molar refractivity (Wildman–Crippen MR) is 108 cm³/mol. The van der Waals surface area contributed by atoms with Gasteiger partial charge in [0.15, 0.2) is 17.6 Å². The fraction of sp³-hybridized carbons (Fsp3) is 0.545. The molecule has 28 heavy (non-hydrogen) atoms. The first-order valence-electron chi connectivity index (χ1n) is 9.89. The number of rotatable bonds is 7. The smallest absolute Gasteiger partial charge is 0.331 e. The molecule has 1 saturated heterocycles. The molecule has 3 atom stereocenters. The zero-order valence-corrected chi connectivity index (χ0v) is 17.4. The maximum absolute atomic E-state index is 12.7. The van der Waals surface area contributed by atoms with Crippen LogP contribution >= 0.6 is 0 Å². The summed E-state index contributed by atoms with van der Waals surface area (Å²) in [7, 11) is 1.56. The average molecular weight is 389 g/mol. The number of benzene rings is 1. The number of methoxy groups -OCH3 is 1. The molecule has 0 bridgehead atoms. The number of nitrogens with zero attached hydrogens (tertiary/aromatic N) is 1. The van der Waals surface area contributed by atoms with Crippen LogP contribution in [-0.4, -0.2) is 48.7 Å². The Morgan fingerprint density at radius 3 is 2.50 bits per heavy atom. The number of likely N-dealkylation sites (tertiary alicyclic amines) is 1. The van der Waals surface area contributed by atoms with E-state index in [0.717, 1.165) is 24.8 Å². The lowest BCUT2D eigenvalue weighted by Gasteiger charge is -2.40. The molecule has 1 aromatic rings. The fourth-order valence-electron chi connectivity index (χ4n) is 3.56. The Kier molecular flexibility index (Phi) is 7.91. The van der Waals surface area contributed by atoms with Gasteiger partial charge in [-0.15, -0.1) is 0 Å². The summed E-state index contributed by atoms with van der Waals surface area (Å²) in [6.45, 7) is 8.15. The molecule has 0 aromatic heterocycles. The summed E-state index contributed by atoms with van der Waals surface area (Å²) in [6, 6.07) is 5.73. The van der Waals surface area contributed by atoms with Crippen molar-refractivity contribution in [3.05, 3.63) is 29.8 Å². The molecule has 2 rings (SSSR count). The van der Waals surface area contributed by atoms with Crippen molar-refractivity contribution in [2.24, 2.45) is 0 Å². The van der Waals surface area contributed by atoms with Crippen LogP contribution in [0.25, 0.3) is 6.08 Å². The molecule has 1 amide bonds. The minimum absolute atomic E-state index is 0.135. The Labute approximate surface area is 167 Å². The van der Waals surface area contributed by atoms with E-state index in [9.17, 15) is 9.59 Å². The summed E-state index contributed by atoms with van der Waals surface area (Å²) in [5.41, 5.74) is 0.773. The lowest BCUT2D eigenvalue weighted by molar-refractivity contribution is -0.158. The van der Waals surface area contributed by atoms with Crippen LogP contribution in [0.1, 0.15) is 52.5 Å². The summed E-state index contributed by atoms with van der Waals surface area (Å²) in [6.07, 6.45) is 5.22. The molecule has 1 aliphatic heterocycles. The second-order valence-electron chi connectivity index (χ2n) is 7.13. The minimum Gasteiger partial charge on any atom is -0.493 e. The lowest BCUT2D eigenvalue weighted by atomic mass is 9.97. The quantitative estimate of drug-likeness (QED) is 0.524. The van der Waals surface area contributed by atoms with E-state index >= 15 is 0 Å². The molecule has 1 fully saturated rings. The molecule has 0 spiro atoms. The topological polar surface area (TPSA) is 65.1 Å². The molecule has 0 unspecified atom stereocenters. The van der Waals surface area contributed by atoms with E-state index in [1.807, 2.05) is 31.7 Å². The van der Waals surface area contributed by atoms with Crippen LogP contribution in [0.15, 0.2) is 24.3 Å². The Hall–Kier alpha value is -2.50. The molecule has 154 valence electrons. The van der Waals surface area contributed by atoms with E-state index in [2.05, 4.69) is 0 Å². The molecule has 0 aliphatic carbocycles. The summed E-state index contributed by atoms with van der Waals surface area (Å²) in [5.74, 6) is 0.554. The first kappa shape index (κ1) is 21.8. The van der Waals surface area contributed by atoms with Gasteiger partial charge in [-0.25, -0.2) is 4.79 Å². The third kappa shape index (κ3) is 5.50. The predicted octanol–water partition coefficient (Wildman–Crippen LogP) is 3.83. The summed E-state index contributed by atoms with van der Waals surface area (Å²) < 4.78 is 16.1. The van der Waals surface area contributed by atoms with Crippen molar-refractivity contribution in [2.45, 2.75) is 65.1 Å². The zero-order chi connectivity index (χ0) is 20.7. The van der Waals surface area contributed by atoms with E-state index in [0.29, 0.717) is 18.1 Å². The van der Waals surface area contributed by atoms with Gasteiger partial charge in [0.25, 0.3) is 5.91 Å². The highest BCUT2D eigenvalue weighted by Gasteiger charge is 2.32. The van der Waals surface area contributed by atoms with Gasteiger partial charge in [-0.3, -0.25) is 4.79 Å². The lowest BCUT2D eigenvalue weighted by Crippen LogP contribution is -2.51. The fourth-order valence-corrected chi connectivity index (χ4v) is 3.56. The second-order valence-corrected chi connectivity index (χ2v) is 7.13. The van der Waals surface area contributed by atoms with Gasteiger partial charge in [0.2, 0.25) is 0 Å². The van der Waals surface area contributed by atoms with Crippen LogP contribution in [0.3, 0.4) is 0 Å². The van der Waals surface area contributed by atoms with E-state index in [1.165, 1.54) is 6.08 Å². The molecule has 1 heterocycles.